The summed E-state index contributed by atoms with van der Waals surface area (Å²) in [7, 11) is 6.10. The van der Waals surface area contributed by atoms with Crippen molar-refractivity contribution in [2.45, 2.75) is 0 Å². The summed E-state index contributed by atoms with van der Waals surface area (Å²) in [5, 5.41) is 3.05. The van der Waals surface area contributed by atoms with Gasteiger partial charge in [-0.1, -0.05) is 30.3 Å². The molecule has 10 rings (SSSR count). The number of carbonyl (C=O) groups excluding carboxylic acids is 1. The van der Waals surface area contributed by atoms with Gasteiger partial charge in [0.1, 0.15) is 21.1 Å². The number of benzene rings is 2. The van der Waals surface area contributed by atoms with E-state index in [2.05, 4.69) is 133 Å². The average Bonchev–Trinajstić information content (AvgIpc) is 4.10. The van der Waals surface area contributed by atoms with Gasteiger partial charge in [0.2, 0.25) is 0 Å². The highest BCUT2D eigenvalue weighted by Gasteiger charge is 2.21. The Balaban J connectivity index is 0.00000198. The summed E-state index contributed by atoms with van der Waals surface area (Å²) in [6, 6.07) is 38.3. The van der Waals surface area contributed by atoms with E-state index in [0.29, 0.717) is 11.3 Å². The molecule has 3 N–H and O–H groups in total. The molecule has 8 aromatic rings. The monoisotopic (exact) mass is 886 g/mol. The number of carbonyl (C=O) groups is 1. The SMILES string of the molecule is C[n+]1cccc(-c2c3nc(c(-c4ccc[n+](C)c4)c4ccc([nH]4)c(-c4ccc[n+](C)c4)c4nc(c(-c5ccc(NC(=O)c6ccccc6)cc5)c5ccc2[nH]5)C=C4)C=C3)c1.[Cl-].[Cl-].[Cl-]. The second kappa shape index (κ2) is 18.4. The van der Waals surface area contributed by atoms with Gasteiger partial charge in [-0.25, -0.2) is 23.7 Å². The van der Waals surface area contributed by atoms with E-state index in [1.807, 2.05) is 94.3 Å². The van der Waals surface area contributed by atoms with Crippen molar-refractivity contribution in [1.82, 2.24) is 19.9 Å². The van der Waals surface area contributed by atoms with Gasteiger partial charge in [-0.2, -0.15) is 0 Å². The van der Waals surface area contributed by atoms with Gasteiger partial charge in [-0.3, -0.25) is 4.79 Å². The van der Waals surface area contributed by atoms with Crippen LogP contribution in [0.15, 0.2) is 152 Å². The van der Waals surface area contributed by atoms with Crippen LogP contribution >= 0.6 is 0 Å². The highest BCUT2D eigenvalue weighted by atomic mass is 35.5. The Kier molecular flexibility index (Phi) is 12.8. The van der Waals surface area contributed by atoms with E-state index >= 15 is 0 Å². The minimum Gasteiger partial charge on any atom is -1.00 e. The number of amides is 1. The first-order chi connectivity index (χ1) is 29.3. The molecule has 0 saturated heterocycles. The maximum atomic E-state index is 13.1. The number of hydrogen-bond acceptors (Lipinski definition) is 3. The van der Waals surface area contributed by atoms with Crippen LogP contribution in [0.5, 0.6) is 0 Å². The molecular weight excluding hydrogens is 847 g/mol. The van der Waals surface area contributed by atoms with Crippen molar-refractivity contribution in [3.8, 4) is 44.5 Å². The number of aromatic nitrogens is 7. The molecule has 0 radical (unpaired) electrons. The number of hydrogen-bond donors (Lipinski definition) is 3. The number of fused-ring (bicyclic) bond motifs is 8. The Labute approximate surface area is 383 Å². The zero-order valence-electron chi connectivity index (χ0n) is 34.5. The van der Waals surface area contributed by atoms with Crippen molar-refractivity contribution >= 4 is 58.0 Å². The molecule has 0 saturated carbocycles. The Morgan fingerprint density at radius 3 is 1.17 bits per heavy atom. The minimum absolute atomic E-state index is 0. The normalized spacial score (nSPS) is 11.3. The topological polar surface area (TPSA) is 98.1 Å². The molecule has 0 aliphatic carbocycles. The van der Waals surface area contributed by atoms with E-state index in [1.54, 1.807) is 0 Å². The number of rotatable bonds is 6. The molecule has 0 unspecified atom stereocenters. The van der Waals surface area contributed by atoms with E-state index in [0.717, 1.165) is 89.4 Å². The molecular formula is C51H41Cl3N8O. The fraction of sp³-hybridized carbons (Fsp3) is 0.0588. The number of H-pyrrole nitrogens is 2. The van der Waals surface area contributed by atoms with Crippen LogP contribution in [0.25, 0.3) is 90.9 Å². The van der Waals surface area contributed by atoms with Gasteiger partial charge < -0.3 is 52.5 Å². The average molecular weight is 888 g/mol. The van der Waals surface area contributed by atoms with Crippen LogP contribution in [-0.4, -0.2) is 25.8 Å². The first-order valence-electron chi connectivity index (χ1n) is 19.8. The molecule has 9 nitrogen and oxygen atoms in total. The standard InChI is InChI=1S/C51H40N8O.3ClH/c1-57-27-7-12-35(30-57)48-41-21-19-39(53-41)47(33-15-17-38(18-16-33)52-51(60)34-10-5-4-6-11-34)40-20-22-42(54-40)49(36-13-8-28-58(2)31-36)44-24-26-46(56-44)50(45-25-23-43(48)55-45)37-14-9-29-59(3)32-37;;;/h4-32H,1-3H3,(H2-,52,53,54,55,56,60);3*1H/q+2;;;/p-2. The van der Waals surface area contributed by atoms with E-state index in [1.165, 1.54) is 0 Å². The fourth-order valence-electron chi connectivity index (χ4n) is 8.14. The van der Waals surface area contributed by atoms with Gasteiger partial charge in [-0.05, 0) is 96.6 Å². The predicted molar refractivity (Wildman–Crippen MR) is 239 cm³/mol. The summed E-state index contributed by atoms with van der Waals surface area (Å²) in [6.45, 7) is 0. The number of halogens is 3. The number of pyridine rings is 3. The highest BCUT2D eigenvalue weighted by molar-refractivity contribution is 6.05. The third kappa shape index (κ3) is 8.67. The maximum Gasteiger partial charge on any atom is 0.255 e. The number of aromatic amines is 2. The predicted octanol–water partition coefficient (Wildman–Crippen LogP) is 0.0614. The molecule has 12 heteroatoms. The van der Waals surface area contributed by atoms with Crippen molar-refractivity contribution in [3.63, 3.8) is 0 Å². The lowest BCUT2D eigenvalue weighted by Gasteiger charge is -2.08. The lowest BCUT2D eigenvalue weighted by molar-refractivity contribution is -0.671. The van der Waals surface area contributed by atoms with Gasteiger partial charge in [0.25, 0.3) is 5.91 Å². The van der Waals surface area contributed by atoms with Crippen molar-refractivity contribution in [2.24, 2.45) is 21.1 Å². The van der Waals surface area contributed by atoms with Crippen LogP contribution in [0.2, 0.25) is 0 Å². The Hall–Kier alpha value is -7.17. The second-order valence-electron chi connectivity index (χ2n) is 15.2. The Morgan fingerprint density at radius 1 is 0.444 bits per heavy atom. The van der Waals surface area contributed by atoms with Crippen LogP contribution in [0.3, 0.4) is 0 Å². The molecule has 2 aliphatic heterocycles. The van der Waals surface area contributed by atoms with Crippen molar-refractivity contribution in [3.05, 3.63) is 181 Å². The van der Waals surface area contributed by atoms with Gasteiger partial charge in [0, 0.05) is 90.5 Å². The summed E-state index contributed by atoms with van der Waals surface area (Å²) >= 11 is 0. The van der Waals surface area contributed by atoms with Crippen molar-refractivity contribution in [2.75, 3.05) is 5.32 Å². The summed E-state index contributed by atoms with van der Waals surface area (Å²) in [5.74, 6) is -0.161. The van der Waals surface area contributed by atoms with E-state index in [9.17, 15) is 4.79 Å². The minimum atomic E-state index is -0.161. The van der Waals surface area contributed by atoms with Crippen LogP contribution in [0.4, 0.5) is 5.69 Å². The van der Waals surface area contributed by atoms with Gasteiger partial charge in [0.05, 0.1) is 22.8 Å². The van der Waals surface area contributed by atoms with E-state index < -0.39 is 0 Å². The largest absolute Gasteiger partial charge is 1.00 e. The zero-order chi connectivity index (χ0) is 40.7. The molecule has 6 aromatic heterocycles. The fourth-order valence-corrected chi connectivity index (χ4v) is 8.14. The third-order valence-electron chi connectivity index (χ3n) is 10.9. The summed E-state index contributed by atoms with van der Waals surface area (Å²) in [4.78, 5) is 31.5. The van der Waals surface area contributed by atoms with Gasteiger partial charge in [-0.15, -0.1) is 0 Å². The molecule has 0 spiro atoms. The molecule has 8 heterocycles. The molecule has 63 heavy (non-hydrogen) atoms. The van der Waals surface area contributed by atoms with Crippen LogP contribution in [0, 0.1) is 0 Å². The molecule has 1 amide bonds. The number of anilines is 1. The zero-order valence-corrected chi connectivity index (χ0v) is 36.8. The Morgan fingerprint density at radius 2 is 0.810 bits per heavy atom. The summed E-state index contributed by atoms with van der Waals surface area (Å²) in [5.41, 5.74) is 16.2. The lowest BCUT2D eigenvalue weighted by atomic mass is 10.0. The molecule has 0 atom stereocenters. The molecule has 8 bridgehead atoms. The number of aryl methyl sites for hydroxylation is 3. The summed E-state index contributed by atoms with van der Waals surface area (Å²) < 4.78 is 6.18. The van der Waals surface area contributed by atoms with E-state index in [4.69, 9.17) is 9.97 Å². The smallest absolute Gasteiger partial charge is 0.255 e. The first-order valence-corrected chi connectivity index (χ1v) is 19.8. The molecule has 0 fully saturated rings. The van der Waals surface area contributed by atoms with Crippen molar-refractivity contribution in [1.29, 1.82) is 0 Å². The number of nitrogens with one attached hydrogen (secondary N) is 3. The van der Waals surface area contributed by atoms with Crippen molar-refractivity contribution < 1.29 is 55.7 Å². The summed E-state index contributed by atoms with van der Waals surface area (Å²) in [6.07, 6.45) is 20.9. The molecule has 312 valence electrons. The molecule has 2 aliphatic rings. The maximum absolute atomic E-state index is 13.1. The quantitative estimate of drug-likeness (QED) is 0.207. The van der Waals surface area contributed by atoms with Crippen LogP contribution in [-0.2, 0) is 21.1 Å². The van der Waals surface area contributed by atoms with Crippen LogP contribution < -0.4 is 56.2 Å². The van der Waals surface area contributed by atoms with E-state index in [-0.39, 0.29) is 43.1 Å². The van der Waals surface area contributed by atoms with Crippen LogP contribution in [0.1, 0.15) is 33.1 Å². The second-order valence-corrected chi connectivity index (χ2v) is 15.2. The third-order valence-corrected chi connectivity index (χ3v) is 10.9. The first kappa shape index (κ1) is 43.9. The Bertz CT molecular complexity index is 3200. The van der Waals surface area contributed by atoms with Gasteiger partial charge >= 0.3 is 0 Å². The molecule has 2 aromatic carbocycles. The lowest BCUT2D eigenvalue weighted by Crippen LogP contribution is -3.00. The number of nitrogens with zero attached hydrogens (tertiary/aromatic N) is 5. The van der Waals surface area contributed by atoms with Gasteiger partial charge in [0.15, 0.2) is 37.2 Å². The highest BCUT2D eigenvalue weighted by Crippen LogP contribution is 2.38.